The normalized spacial score (nSPS) is 43.0. The van der Waals surface area contributed by atoms with Crippen LogP contribution in [-0.4, -0.2) is 159 Å². The quantitative estimate of drug-likeness (QED) is 0.188. The van der Waals surface area contributed by atoms with E-state index in [9.17, 15) is 19.8 Å². The highest BCUT2D eigenvalue weighted by Crippen LogP contribution is 2.61. The van der Waals surface area contributed by atoms with Crippen LogP contribution in [0.1, 0.15) is 111 Å². The minimum absolute atomic E-state index is 0.0572. The molecule has 60 heavy (non-hydrogen) atoms. The molecule has 2 aliphatic heterocycles. The van der Waals surface area contributed by atoms with Crippen LogP contribution in [0.4, 0.5) is 0 Å². The van der Waals surface area contributed by atoms with Gasteiger partial charge in [-0.2, -0.15) is 5.06 Å². The van der Waals surface area contributed by atoms with Crippen LogP contribution in [0.2, 0.25) is 0 Å². The Labute approximate surface area is 363 Å². The highest BCUT2D eigenvalue weighted by atomic mass is 16.7. The number of fused-ring (bicyclic) bond motifs is 3. The summed E-state index contributed by atoms with van der Waals surface area (Å²) in [6.07, 6.45) is 12.8. The zero-order chi connectivity index (χ0) is 43.2. The summed E-state index contributed by atoms with van der Waals surface area (Å²) >= 11 is 0. The number of hydroxylamine groups is 2. The van der Waals surface area contributed by atoms with E-state index in [1.807, 2.05) is 12.2 Å². The SMILES string of the molecule is COC1C(CN2O[C@@H](CO)[C@H]([C@H](C)O)[C@H]2C(=O)N[C@H]2C[C@H]3C[C@@H]([C@@H]2C)C3(C)C)CCCC1C1CC(C(=O)N[C@H](CC2CN(C)C3CCCCC23)CN(C)C)CC(N(C)C)C1. The standard InChI is InChI=1S/C48H86N6O6/c1-28-39-22-34(48(39,3)4)23-40(28)50-47(58)44-43(29(2)56)42(27-55)60-54(44)25-30-14-13-16-38(45(30)59-10)31-18-32(21-36(20-31)52(7)8)46(57)49-35(26-51(5)6)19-33-24-53(9)41-17-12-11-15-37(33)41/h28-45,55-56H,11-27H2,1-10H3,(H,49,57)(H,50,58)/t28-,29-,30?,31?,32?,33?,34+,35+,36?,37?,38?,39-,40-,41?,42-,43-,44-,45?/m0/s1. The Bertz CT molecular complexity index is 1450. The number of likely N-dealkylation sites (N-methyl/N-ethyl adjacent to an activating group) is 1. The molecular formula is C48H86N6O6. The summed E-state index contributed by atoms with van der Waals surface area (Å²) in [7, 11) is 12.7. The van der Waals surface area contributed by atoms with Crippen LogP contribution in [0.15, 0.2) is 0 Å². The van der Waals surface area contributed by atoms with Crippen molar-refractivity contribution in [3.63, 3.8) is 0 Å². The summed E-state index contributed by atoms with van der Waals surface area (Å²) in [6.45, 7) is 11.0. The minimum atomic E-state index is -0.828. The van der Waals surface area contributed by atoms with Gasteiger partial charge in [0.25, 0.3) is 0 Å². The lowest BCUT2D eigenvalue weighted by atomic mass is 9.45. The Kier molecular flexibility index (Phi) is 15.1. The van der Waals surface area contributed by atoms with Gasteiger partial charge < -0.3 is 40.3 Å². The molecule has 4 N–H and O–H groups in total. The van der Waals surface area contributed by atoms with Crippen molar-refractivity contribution >= 4 is 11.8 Å². The van der Waals surface area contributed by atoms with E-state index in [-0.39, 0.29) is 54.4 Å². The van der Waals surface area contributed by atoms with Crippen molar-refractivity contribution < 1.29 is 29.4 Å². The number of nitrogens with zero attached hydrogens (tertiary/aromatic N) is 4. The molecule has 12 nitrogen and oxygen atoms in total. The van der Waals surface area contributed by atoms with Crippen molar-refractivity contribution in [1.82, 2.24) is 30.4 Å². The second-order valence-corrected chi connectivity index (χ2v) is 22.5. The molecule has 2 saturated heterocycles. The first-order valence-electron chi connectivity index (χ1n) is 24.4. The van der Waals surface area contributed by atoms with E-state index in [0.717, 1.165) is 70.4 Å². The lowest BCUT2D eigenvalue weighted by Crippen LogP contribution is -2.62. The van der Waals surface area contributed by atoms with Crippen LogP contribution in [0.3, 0.4) is 0 Å². The number of aliphatic hydroxyl groups excluding tert-OH is 2. The van der Waals surface area contributed by atoms with Gasteiger partial charge in [0.2, 0.25) is 11.8 Å². The summed E-state index contributed by atoms with van der Waals surface area (Å²) in [6, 6.07) is 0.531. The smallest absolute Gasteiger partial charge is 0.240 e. The fourth-order valence-corrected chi connectivity index (χ4v) is 14.8. The number of amides is 2. The maximum Gasteiger partial charge on any atom is 0.240 e. The molecule has 0 radical (unpaired) electrons. The van der Waals surface area contributed by atoms with Gasteiger partial charge in [0, 0.05) is 68.7 Å². The molecule has 8 rings (SSSR count). The Morgan fingerprint density at radius 1 is 0.950 bits per heavy atom. The lowest BCUT2D eigenvalue weighted by molar-refractivity contribution is -0.193. The van der Waals surface area contributed by atoms with E-state index in [1.54, 1.807) is 6.92 Å². The van der Waals surface area contributed by atoms with Gasteiger partial charge in [0.05, 0.1) is 18.8 Å². The van der Waals surface area contributed by atoms with Gasteiger partial charge in [-0.05, 0) is 153 Å². The van der Waals surface area contributed by atoms with Crippen molar-refractivity contribution in [1.29, 1.82) is 0 Å². The number of likely N-dealkylation sites (tertiary alicyclic amines) is 1. The number of hydrogen-bond acceptors (Lipinski definition) is 10. The first-order valence-corrected chi connectivity index (χ1v) is 24.4. The highest BCUT2D eigenvalue weighted by Gasteiger charge is 2.58. The molecular weight excluding hydrogens is 757 g/mol. The van der Waals surface area contributed by atoms with Crippen molar-refractivity contribution in [2.75, 3.05) is 68.6 Å². The molecule has 0 aromatic heterocycles. The molecule has 12 heteroatoms. The third kappa shape index (κ3) is 9.52. The van der Waals surface area contributed by atoms with Crippen molar-refractivity contribution in [3.05, 3.63) is 0 Å². The van der Waals surface area contributed by atoms with Gasteiger partial charge in [-0.1, -0.05) is 40.0 Å². The highest BCUT2D eigenvalue weighted by molar-refractivity contribution is 5.83. The summed E-state index contributed by atoms with van der Waals surface area (Å²) in [5.41, 5.74) is 0.314. The molecule has 2 amide bonds. The summed E-state index contributed by atoms with van der Waals surface area (Å²) in [5.74, 6) is 3.17. The van der Waals surface area contributed by atoms with E-state index < -0.39 is 24.2 Å². The molecule has 2 bridgehead atoms. The third-order valence-corrected chi connectivity index (χ3v) is 18.2. The van der Waals surface area contributed by atoms with Gasteiger partial charge in [0.15, 0.2) is 0 Å². The summed E-state index contributed by atoms with van der Waals surface area (Å²) in [4.78, 5) is 42.6. The molecule has 9 unspecified atom stereocenters. The predicted molar refractivity (Wildman–Crippen MR) is 236 cm³/mol. The average molecular weight is 843 g/mol. The van der Waals surface area contributed by atoms with E-state index in [4.69, 9.17) is 9.57 Å². The monoisotopic (exact) mass is 843 g/mol. The van der Waals surface area contributed by atoms with Gasteiger partial charge in [-0.25, -0.2) is 0 Å². The number of carbonyl (C=O) groups is 2. The van der Waals surface area contributed by atoms with Crippen LogP contribution in [0, 0.1) is 64.6 Å². The number of rotatable bonds is 15. The van der Waals surface area contributed by atoms with Gasteiger partial charge in [-0.15, -0.1) is 0 Å². The molecule has 6 saturated carbocycles. The zero-order valence-electron chi connectivity index (χ0n) is 39.2. The first kappa shape index (κ1) is 46.6. The first-order chi connectivity index (χ1) is 28.5. The largest absolute Gasteiger partial charge is 0.394 e. The Hall–Kier alpha value is -1.38. The number of nitrogens with one attached hydrogen (secondary N) is 2. The molecule has 0 aromatic rings. The summed E-state index contributed by atoms with van der Waals surface area (Å²) in [5, 5.41) is 30.5. The number of aliphatic hydroxyl groups is 2. The second kappa shape index (κ2) is 19.4. The molecule has 344 valence electrons. The molecule has 2 heterocycles. The Balaban J connectivity index is 1.04. The topological polar surface area (TPSA) is 130 Å². The van der Waals surface area contributed by atoms with E-state index in [0.29, 0.717) is 53.6 Å². The van der Waals surface area contributed by atoms with Gasteiger partial charge in [-0.3, -0.25) is 14.4 Å². The number of methoxy groups -OCH3 is 1. The minimum Gasteiger partial charge on any atom is -0.394 e. The predicted octanol–water partition coefficient (Wildman–Crippen LogP) is 4.48. The van der Waals surface area contributed by atoms with Crippen LogP contribution in [0.5, 0.6) is 0 Å². The molecule has 0 aromatic carbocycles. The van der Waals surface area contributed by atoms with Crippen LogP contribution in [-0.2, 0) is 19.2 Å². The maximum absolute atomic E-state index is 14.5. The second-order valence-electron chi connectivity index (χ2n) is 22.5. The van der Waals surface area contributed by atoms with Crippen LogP contribution >= 0.6 is 0 Å². The van der Waals surface area contributed by atoms with Gasteiger partial charge >= 0.3 is 0 Å². The fraction of sp³-hybridized carbons (Fsp3) is 0.958. The van der Waals surface area contributed by atoms with E-state index in [1.165, 1.54) is 32.1 Å². The van der Waals surface area contributed by atoms with Crippen LogP contribution in [0.25, 0.3) is 0 Å². The fourth-order valence-electron chi connectivity index (χ4n) is 14.8. The van der Waals surface area contributed by atoms with Crippen molar-refractivity contribution in [3.8, 4) is 0 Å². The average Bonchev–Trinajstić information content (AvgIpc) is 3.74. The van der Waals surface area contributed by atoms with E-state index >= 15 is 0 Å². The number of ether oxygens (including phenoxy) is 1. The molecule has 18 atom stereocenters. The van der Waals surface area contributed by atoms with E-state index in [2.05, 4.69) is 81.3 Å². The Morgan fingerprint density at radius 2 is 1.68 bits per heavy atom. The maximum atomic E-state index is 14.5. The van der Waals surface area contributed by atoms with Crippen LogP contribution < -0.4 is 10.6 Å². The molecule has 0 spiro atoms. The zero-order valence-corrected chi connectivity index (χ0v) is 39.2. The number of carbonyl (C=O) groups excluding carboxylic acids is 2. The van der Waals surface area contributed by atoms with Crippen molar-refractivity contribution in [2.24, 2.45) is 64.6 Å². The molecule has 6 aliphatic carbocycles. The van der Waals surface area contributed by atoms with Gasteiger partial charge in [0.1, 0.15) is 12.1 Å². The summed E-state index contributed by atoms with van der Waals surface area (Å²) < 4.78 is 6.50. The molecule has 8 aliphatic rings. The third-order valence-electron chi connectivity index (χ3n) is 18.2. The lowest BCUT2D eigenvalue weighted by Gasteiger charge is -2.62. The van der Waals surface area contributed by atoms with Crippen molar-refractivity contribution in [2.45, 2.75) is 160 Å². The molecule has 8 fully saturated rings. The Morgan fingerprint density at radius 3 is 2.33 bits per heavy atom. The number of hydrogen-bond donors (Lipinski definition) is 4.